The van der Waals surface area contributed by atoms with Gasteiger partial charge in [-0.15, -0.1) is 0 Å². The molecular weight excluding hydrogens is 485 g/mol. The molecule has 1 unspecified atom stereocenters. The molecule has 4 aromatic rings. The summed E-state index contributed by atoms with van der Waals surface area (Å²) in [6.45, 7) is 4.16. The van der Waals surface area contributed by atoms with Gasteiger partial charge in [0.2, 0.25) is 11.8 Å². The summed E-state index contributed by atoms with van der Waals surface area (Å²) in [6, 6.07) is 21.2. The van der Waals surface area contributed by atoms with Crippen LogP contribution in [0, 0.1) is 19.7 Å². The van der Waals surface area contributed by atoms with Gasteiger partial charge in [-0.05, 0) is 79.1 Å². The Balaban J connectivity index is 1.39. The van der Waals surface area contributed by atoms with Crippen molar-refractivity contribution in [1.82, 2.24) is 10.3 Å². The van der Waals surface area contributed by atoms with Gasteiger partial charge in [-0.25, -0.2) is 4.39 Å². The van der Waals surface area contributed by atoms with Crippen LogP contribution in [0.25, 0.3) is 0 Å². The van der Waals surface area contributed by atoms with Gasteiger partial charge >= 0.3 is 0 Å². The number of halogens is 1. The lowest BCUT2D eigenvalue weighted by Crippen LogP contribution is -2.47. The average Bonchev–Trinajstić information content (AvgIpc) is 3.23. The molecule has 0 aliphatic heterocycles. The van der Waals surface area contributed by atoms with E-state index in [4.69, 9.17) is 9.47 Å². The summed E-state index contributed by atoms with van der Waals surface area (Å²) in [4.78, 5) is 29.1. The van der Waals surface area contributed by atoms with Crippen LogP contribution in [-0.2, 0) is 27.4 Å². The number of nitrogens with one attached hydrogen (secondary N) is 3. The van der Waals surface area contributed by atoms with Crippen LogP contribution in [0.3, 0.4) is 0 Å². The number of ether oxygens (including phenoxy) is 2. The minimum Gasteiger partial charge on any atom is -0.457 e. The second-order valence-electron chi connectivity index (χ2n) is 8.94. The largest absolute Gasteiger partial charge is 0.457 e. The molecule has 38 heavy (non-hydrogen) atoms. The number of amides is 2. The van der Waals surface area contributed by atoms with E-state index < -0.39 is 11.9 Å². The van der Waals surface area contributed by atoms with Gasteiger partial charge in [0.25, 0.3) is 0 Å². The van der Waals surface area contributed by atoms with Gasteiger partial charge in [-0.1, -0.05) is 30.3 Å². The Morgan fingerprint density at radius 2 is 1.58 bits per heavy atom. The van der Waals surface area contributed by atoms with E-state index in [2.05, 4.69) is 15.6 Å². The lowest BCUT2D eigenvalue weighted by molar-refractivity contribution is -0.127. The molecule has 1 heterocycles. The van der Waals surface area contributed by atoms with Crippen LogP contribution in [0.5, 0.6) is 11.5 Å². The highest BCUT2D eigenvalue weighted by Gasteiger charge is 2.22. The highest BCUT2D eigenvalue weighted by Crippen LogP contribution is 2.23. The van der Waals surface area contributed by atoms with E-state index in [1.165, 1.54) is 24.3 Å². The number of benzene rings is 3. The van der Waals surface area contributed by atoms with Gasteiger partial charge < -0.3 is 25.1 Å². The number of rotatable bonds is 11. The van der Waals surface area contributed by atoms with Crippen molar-refractivity contribution in [2.45, 2.75) is 32.9 Å². The van der Waals surface area contributed by atoms with Gasteiger partial charge in [-0.3, -0.25) is 9.59 Å². The molecule has 7 nitrogen and oxygen atoms in total. The van der Waals surface area contributed by atoms with E-state index in [-0.39, 0.29) is 24.8 Å². The average molecular weight is 516 g/mol. The zero-order valence-electron chi connectivity index (χ0n) is 21.3. The third-order valence-electron chi connectivity index (χ3n) is 5.99. The normalized spacial score (nSPS) is 11.6. The van der Waals surface area contributed by atoms with Gasteiger partial charge in [0.1, 0.15) is 23.4 Å². The molecule has 0 spiro atoms. The van der Waals surface area contributed by atoms with Crippen LogP contribution in [0.4, 0.5) is 10.1 Å². The summed E-state index contributed by atoms with van der Waals surface area (Å²) < 4.78 is 24.6. The molecule has 2 amide bonds. The number of hydrogen-bond donors (Lipinski definition) is 3. The van der Waals surface area contributed by atoms with Crippen molar-refractivity contribution in [1.29, 1.82) is 0 Å². The van der Waals surface area contributed by atoms with E-state index in [0.29, 0.717) is 23.8 Å². The fourth-order valence-electron chi connectivity index (χ4n) is 3.89. The smallest absolute Gasteiger partial charge is 0.249 e. The summed E-state index contributed by atoms with van der Waals surface area (Å²) in [5, 5.41) is 5.65. The number of aromatic nitrogens is 1. The lowest BCUT2D eigenvalue weighted by Gasteiger charge is -2.19. The molecule has 0 saturated heterocycles. The number of carbonyl (C=O) groups excluding carboxylic acids is 2. The van der Waals surface area contributed by atoms with Crippen molar-refractivity contribution in [2.75, 3.05) is 11.9 Å². The lowest BCUT2D eigenvalue weighted by atomic mass is 10.1. The molecule has 196 valence electrons. The summed E-state index contributed by atoms with van der Waals surface area (Å²) in [7, 11) is 0. The van der Waals surface area contributed by atoms with Crippen molar-refractivity contribution in [2.24, 2.45) is 0 Å². The SMILES string of the molecule is Cc1c[nH]c(C)c1CC(=O)NC(COCc1ccccc1)C(=O)Nc1ccc(Oc2ccc(F)cc2)cc1. The van der Waals surface area contributed by atoms with Crippen LogP contribution < -0.4 is 15.4 Å². The third kappa shape index (κ3) is 7.54. The van der Waals surface area contributed by atoms with Crippen molar-refractivity contribution < 1.29 is 23.5 Å². The van der Waals surface area contributed by atoms with E-state index in [1.807, 2.05) is 50.4 Å². The molecule has 1 aromatic heterocycles. The quantitative estimate of drug-likeness (QED) is 0.248. The summed E-state index contributed by atoms with van der Waals surface area (Å²) >= 11 is 0. The maximum atomic E-state index is 13.2. The molecule has 0 aliphatic carbocycles. The first kappa shape index (κ1) is 26.6. The summed E-state index contributed by atoms with van der Waals surface area (Å²) in [5.41, 5.74) is 4.31. The predicted octanol–water partition coefficient (Wildman–Crippen LogP) is 5.45. The van der Waals surface area contributed by atoms with Crippen molar-refractivity contribution in [3.05, 3.63) is 113 Å². The molecular formula is C30H30FN3O4. The predicted molar refractivity (Wildman–Crippen MR) is 144 cm³/mol. The summed E-state index contributed by atoms with van der Waals surface area (Å²) in [6.07, 6.45) is 2.01. The minimum absolute atomic E-state index is 0.00330. The standard InChI is InChI=1S/C30H30FN3O4/c1-20-17-32-21(2)27(20)16-29(35)34-28(19-37-18-22-6-4-3-5-7-22)30(36)33-24-10-14-26(15-11-24)38-25-12-8-23(31)9-13-25/h3-15,17,28,32H,16,18-19H2,1-2H3,(H,33,36)(H,34,35). The molecule has 4 rings (SSSR count). The number of carbonyl (C=O) groups is 2. The topological polar surface area (TPSA) is 92.5 Å². The zero-order valence-corrected chi connectivity index (χ0v) is 21.3. The Morgan fingerprint density at radius 1 is 0.921 bits per heavy atom. The Bertz CT molecular complexity index is 1330. The molecule has 0 radical (unpaired) electrons. The highest BCUT2D eigenvalue weighted by molar-refractivity contribution is 5.97. The number of H-pyrrole nitrogens is 1. The first-order chi connectivity index (χ1) is 18.4. The molecule has 0 aliphatic rings. The van der Waals surface area contributed by atoms with E-state index in [1.54, 1.807) is 24.3 Å². The Hall–Kier alpha value is -4.43. The van der Waals surface area contributed by atoms with Gasteiger partial charge in [0, 0.05) is 17.6 Å². The minimum atomic E-state index is -0.902. The second-order valence-corrected chi connectivity index (χ2v) is 8.94. The van der Waals surface area contributed by atoms with E-state index >= 15 is 0 Å². The Kier molecular flexibility index (Phi) is 8.89. The number of hydrogen-bond acceptors (Lipinski definition) is 4. The number of aryl methyl sites for hydroxylation is 2. The third-order valence-corrected chi connectivity index (χ3v) is 5.99. The Labute approximate surface area is 221 Å². The molecule has 0 bridgehead atoms. The monoisotopic (exact) mass is 515 g/mol. The summed E-state index contributed by atoms with van der Waals surface area (Å²) in [5.74, 6) is 0.00363. The maximum Gasteiger partial charge on any atom is 0.249 e. The molecule has 1 atom stereocenters. The molecule has 3 aromatic carbocycles. The van der Waals surface area contributed by atoms with Gasteiger partial charge in [-0.2, -0.15) is 0 Å². The first-order valence-electron chi connectivity index (χ1n) is 12.3. The fraction of sp³-hybridized carbons (Fsp3) is 0.200. The van der Waals surface area contributed by atoms with E-state index in [0.717, 1.165) is 22.4 Å². The first-order valence-corrected chi connectivity index (χ1v) is 12.3. The van der Waals surface area contributed by atoms with Crippen molar-refractivity contribution in [3.63, 3.8) is 0 Å². The maximum absolute atomic E-state index is 13.2. The molecule has 3 N–H and O–H groups in total. The van der Waals surface area contributed by atoms with Gasteiger partial charge in [0.15, 0.2) is 0 Å². The molecule has 0 saturated carbocycles. The van der Waals surface area contributed by atoms with Crippen LogP contribution in [0.2, 0.25) is 0 Å². The second kappa shape index (κ2) is 12.7. The zero-order chi connectivity index (χ0) is 26.9. The fourth-order valence-corrected chi connectivity index (χ4v) is 3.89. The van der Waals surface area contributed by atoms with Crippen molar-refractivity contribution >= 4 is 17.5 Å². The van der Waals surface area contributed by atoms with Gasteiger partial charge in [0.05, 0.1) is 19.6 Å². The number of anilines is 1. The Morgan fingerprint density at radius 3 is 2.21 bits per heavy atom. The molecule has 8 heteroatoms. The van der Waals surface area contributed by atoms with Crippen LogP contribution >= 0.6 is 0 Å². The van der Waals surface area contributed by atoms with Crippen molar-refractivity contribution in [3.8, 4) is 11.5 Å². The van der Waals surface area contributed by atoms with Crippen LogP contribution in [-0.4, -0.2) is 29.4 Å². The molecule has 0 fully saturated rings. The van der Waals surface area contributed by atoms with Crippen LogP contribution in [0.15, 0.2) is 85.1 Å². The highest BCUT2D eigenvalue weighted by atomic mass is 19.1. The van der Waals surface area contributed by atoms with E-state index in [9.17, 15) is 14.0 Å². The number of aromatic amines is 1. The van der Waals surface area contributed by atoms with Crippen LogP contribution in [0.1, 0.15) is 22.4 Å².